The zero-order valence-corrected chi connectivity index (χ0v) is 25.2. The lowest BCUT2D eigenvalue weighted by atomic mass is 10.1. The highest BCUT2D eigenvalue weighted by Crippen LogP contribution is 2.33. The van der Waals surface area contributed by atoms with Crippen LogP contribution in [0.1, 0.15) is 54.7 Å². The Balaban J connectivity index is 1.43. The molecule has 0 saturated carbocycles. The first-order valence-corrected chi connectivity index (χ1v) is 15.5. The second-order valence-corrected chi connectivity index (χ2v) is 11.7. The van der Waals surface area contributed by atoms with Gasteiger partial charge in [0.2, 0.25) is 0 Å². The van der Waals surface area contributed by atoms with Crippen LogP contribution in [-0.4, -0.2) is 56.2 Å². The van der Waals surface area contributed by atoms with E-state index in [4.69, 9.17) is 11.6 Å². The summed E-state index contributed by atoms with van der Waals surface area (Å²) in [6, 6.07) is 16.0. The molecular formula is C29H35ClN6OS2. The molecule has 0 bridgehead atoms. The van der Waals surface area contributed by atoms with E-state index in [1.165, 1.54) is 28.7 Å². The minimum absolute atomic E-state index is 0.101. The Morgan fingerprint density at radius 1 is 1.13 bits per heavy atom. The van der Waals surface area contributed by atoms with Gasteiger partial charge in [-0.2, -0.15) is 0 Å². The van der Waals surface area contributed by atoms with Gasteiger partial charge in [0.1, 0.15) is 10.7 Å². The number of carbonyl (C=O) groups excluding carboxylic acids is 1. The Hall–Kier alpha value is -2.72. The van der Waals surface area contributed by atoms with E-state index < -0.39 is 0 Å². The molecule has 2 aromatic heterocycles. The number of hydrogen-bond donors (Lipinski definition) is 1. The molecule has 1 N–H and O–H groups in total. The Kier molecular flexibility index (Phi) is 10.6. The first-order chi connectivity index (χ1) is 18.9. The van der Waals surface area contributed by atoms with Crippen molar-refractivity contribution in [3.05, 3.63) is 75.2 Å². The van der Waals surface area contributed by atoms with E-state index in [0.29, 0.717) is 22.3 Å². The molecule has 0 spiro atoms. The number of carbonyl (C=O) groups is 1. The molecule has 1 amide bonds. The summed E-state index contributed by atoms with van der Waals surface area (Å²) in [4.78, 5) is 19.8. The predicted octanol–water partition coefficient (Wildman–Crippen LogP) is 6.89. The number of thiazole rings is 1. The highest BCUT2D eigenvalue weighted by Gasteiger charge is 2.19. The molecule has 2 aromatic carbocycles. The van der Waals surface area contributed by atoms with Crippen molar-refractivity contribution in [3.8, 4) is 17.1 Å². The van der Waals surface area contributed by atoms with Crippen LogP contribution in [0.25, 0.3) is 17.1 Å². The number of aromatic nitrogens is 4. The van der Waals surface area contributed by atoms with Crippen LogP contribution < -0.4 is 5.32 Å². The summed E-state index contributed by atoms with van der Waals surface area (Å²) in [6.07, 6.45) is 2.00. The second-order valence-electron chi connectivity index (χ2n) is 9.42. The first-order valence-electron chi connectivity index (χ1n) is 13.3. The third kappa shape index (κ3) is 7.69. The summed E-state index contributed by atoms with van der Waals surface area (Å²) in [6.45, 7) is 11.6. The van der Waals surface area contributed by atoms with Gasteiger partial charge in [0.05, 0.1) is 10.8 Å². The largest absolute Gasteiger partial charge is 0.348 e. The van der Waals surface area contributed by atoms with Crippen LogP contribution in [0, 0.1) is 6.92 Å². The van der Waals surface area contributed by atoms with Crippen LogP contribution in [0.2, 0.25) is 5.02 Å². The van der Waals surface area contributed by atoms with Gasteiger partial charge in [-0.05, 0) is 70.6 Å². The minimum Gasteiger partial charge on any atom is -0.348 e. The molecule has 0 fully saturated rings. The average molecular weight is 583 g/mol. The van der Waals surface area contributed by atoms with E-state index in [2.05, 4.69) is 77.4 Å². The summed E-state index contributed by atoms with van der Waals surface area (Å²) in [5.74, 6) is 1.13. The maximum Gasteiger partial charge on any atom is 0.270 e. The number of hydrogen-bond acceptors (Lipinski definition) is 7. The molecule has 39 heavy (non-hydrogen) atoms. The van der Waals surface area contributed by atoms with E-state index in [0.717, 1.165) is 53.9 Å². The fourth-order valence-electron chi connectivity index (χ4n) is 4.25. The average Bonchev–Trinajstić information content (AvgIpc) is 3.58. The molecule has 0 saturated heterocycles. The van der Waals surface area contributed by atoms with Crippen molar-refractivity contribution in [1.82, 2.24) is 30.0 Å². The fraction of sp³-hybridized carbons (Fsp3) is 0.379. The lowest BCUT2D eigenvalue weighted by Crippen LogP contribution is -2.33. The first kappa shape index (κ1) is 29.3. The summed E-state index contributed by atoms with van der Waals surface area (Å²) < 4.78 is 2.02. The Morgan fingerprint density at radius 2 is 1.87 bits per heavy atom. The minimum atomic E-state index is -0.123. The van der Waals surface area contributed by atoms with E-state index >= 15 is 0 Å². The molecule has 206 valence electrons. The predicted molar refractivity (Wildman–Crippen MR) is 162 cm³/mol. The molecule has 0 aliphatic carbocycles. The van der Waals surface area contributed by atoms with E-state index in [9.17, 15) is 4.79 Å². The van der Waals surface area contributed by atoms with Gasteiger partial charge in [0, 0.05) is 22.7 Å². The zero-order chi connectivity index (χ0) is 27.8. The van der Waals surface area contributed by atoms with Crippen LogP contribution in [0.3, 0.4) is 0 Å². The summed E-state index contributed by atoms with van der Waals surface area (Å²) in [5, 5.41) is 16.1. The molecule has 1 atom stereocenters. The molecule has 1 unspecified atom stereocenters. The van der Waals surface area contributed by atoms with Crippen molar-refractivity contribution in [1.29, 1.82) is 0 Å². The summed E-state index contributed by atoms with van der Waals surface area (Å²) >= 11 is 9.53. The number of amides is 1. The van der Waals surface area contributed by atoms with Gasteiger partial charge < -0.3 is 10.2 Å². The number of nitrogens with zero attached hydrogens (tertiary/aromatic N) is 5. The van der Waals surface area contributed by atoms with Crippen LogP contribution in [-0.2, 0) is 5.75 Å². The number of benzene rings is 2. The zero-order valence-electron chi connectivity index (χ0n) is 22.9. The van der Waals surface area contributed by atoms with Crippen molar-refractivity contribution in [2.45, 2.75) is 57.5 Å². The van der Waals surface area contributed by atoms with E-state index in [1.54, 1.807) is 0 Å². The SMILES string of the molecule is CCN(CC)CCCC(C)NC(=O)c1csc(CSc2nnc(-c3ccccc3Cl)n2-c2ccc(C)cc2)n1. The highest BCUT2D eigenvalue weighted by atomic mass is 35.5. The van der Waals surface area contributed by atoms with Crippen LogP contribution in [0.5, 0.6) is 0 Å². The van der Waals surface area contributed by atoms with E-state index in [1.807, 2.05) is 34.2 Å². The highest BCUT2D eigenvalue weighted by molar-refractivity contribution is 7.98. The topological polar surface area (TPSA) is 75.9 Å². The Morgan fingerprint density at radius 3 is 2.59 bits per heavy atom. The standard InChI is InChI=1S/C29H35ClN6OS2/c1-5-35(6-2)17-9-10-21(4)31-28(37)25-18-38-26(32-25)19-39-29-34-33-27(23-11-7-8-12-24(23)30)36(29)22-15-13-20(3)14-16-22/h7-8,11-16,18,21H,5-6,9-10,17,19H2,1-4H3,(H,31,37). The van der Waals surface area contributed by atoms with Gasteiger partial charge in [-0.3, -0.25) is 9.36 Å². The van der Waals surface area contributed by atoms with Gasteiger partial charge in [-0.25, -0.2) is 4.98 Å². The monoisotopic (exact) mass is 582 g/mol. The lowest BCUT2D eigenvalue weighted by Gasteiger charge is -2.19. The van der Waals surface area contributed by atoms with Gasteiger partial charge in [-0.1, -0.05) is 67.0 Å². The summed E-state index contributed by atoms with van der Waals surface area (Å²) in [5.41, 5.74) is 3.41. The van der Waals surface area contributed by atoms with Crippen molar-refractivity contribution >= 4 is 40.6 Å². The summed E-state index contributed by atoms with van der Waals surface area (Å²) in [7, 11) is 0. The molecule has 4 aromatic rings. The normalized spacial score (nSPS) is 12.2. The Labute approximate surface area is 244 Å². The second kappa shape index (κ2) is 14.1. The van der Waals surface area contributed by atoms with Gasteiger partial charge >= 0.3 is 0 Å². The number of aryl methyl sites for hydroxylation is 1. The van der Waals surface area contributed by atoms with Crippen molar-refractivity contribution < 1.29 is 4.79 Å². The smallest absolute Gasteiger partial charge is 0.270 e. The quantitative estimate of drug-likeness (QED) is 0.173. The molecule has 2 heterocycles. The van der Waals surface area contributed by atoms with Gasteiger partial charge in [0.15, 0.2) is 11.0 Å². The maximum atomic E-state index is 12.8. The lowest BCUT2D eigenvalue weighted by molar-refractivity contribution is 0.0932. The molecule has 7 nitrogen and oxygen atoms in total. The molecule has 4 rings (SSSR count). The number of rotatable bonds is 13. The van der Waals surface area contributed by atoms with Crippen molar-refractivity contribution in [2.75, 3.05) is 19.6 Å². The molecule has 0 aliphatic heterocycles. The third-order valence-electron chi connectivity index (χ3n) is 6.53. The van der Waals surface area contributed by atoms with Crippen LogP contribution >= 0.6 is 34.7 Å². The third-order valence-corrected chi connectivity index (χ3v) is 8.83. The maximum absolute atomic E-state index is 12.8. The van der Waals surface area contributed by atoms with Crippen LogP contribution in [0.15, 0.2) is 59.1 Å². The molecular weight excluding hydrogens is 548 g/mol. The molecule has 10 heteroatoms. The molecule has 0 radical (unpaired) electrons. The van der Waals surface area contributed by atoms with Crippen molar-refractivity contribution in [3.63, 3.8) is 0 Å². The van der Waals surface area contributed by atoms with Gasteiger partial charge in [-0.15, -0.1) is 21.5 Å². The van der Waals surface area contributed by atoms with Gasteiger partial charge in [0.25, 0.3) is 5.91 Å². The van der Waals surface area contributed by atoms with Crippen molar-refractivity contribution in [2.24, 2.45) is 0 Å². The Bertz CT molecular complexity index is 1370. The van der Waals surface area contributed by atoms with E-state index in [-0.39, 0.29) is 11.9 Å². The number of thioether (sulfide) groups is 1. The number of halogens is 1. The van der Waals surface area contributed by atoms with Crippen LogP contribution in [0.4, 0.5) is 0 Å². The number of nitrogens with one attached hydrogen (secondary N) is 1. The fourth-order valence-corrected chi connectivity index (χ4v) is 6.21. The molecule has 0 aliphatic rings.